The molecule has 0 saturated carbocycles. The van der Waals surface area contributed by atoms with E-state index in [0.717, 1.165) is 50.8 Å². The van der Waals surface area contributed by atoms with E-state index in [1.807, 2.05) is 53.4 Å². The largest absolute Gasteiger partial charge is 0.365 e. The summed E-state index contributed by atoms with van der Waals surface area (Å²) in [5, 5.41) is 12.0. The van der Waals surface area contributed by atoms with E-state index in [2.05, 4.69) is 44.7 Å². The van der Waals surface area contributed by atoms with E-state index >= 15 is 0 Å². The van der Waals surface area contributed by atoms with Crippen molar-refractivity contribution in [3.05, 3.63) is 83.9 Å². The molecule has 0 unspecified atom stereocenters. The predicted octanol–water partition coefficient (Wildman–Crippen LogP) is 3.37. The van der Waals surface area contributed by atoms with Gasteiger partial charge in [-0.3, -0.25) is 4.79 Å². The van der Waals surface area contributed by atoms with Crippen molar-refractivity contribution in [3.8, 4) is 0 Å². The molecule has 1 fully saturated rings. The molecule has 30 heavy (non-hydrogen) atoms. The Labute approximate surface area is 177 Å². The van der Waals surface area contributed by atoms with E-state index < -0.39 is 0 Å². The molecule has 0 aliphatic carbocycles. The van der Waals surface area contributed by atoms with Crippen molar-refractivity contribution in [1.82, 2.24) is 15.1 Å². The van der Waals surface area contributed by atoms with E-state index in [4.69, 9.17) is 0 Å². The van der Waals surface area contributed by atoms with Crippen molar-refractivity contribution in [2.45, 2.75) is 19.4 Å². The number of hydrogen-bond acceptors (Lipinski definition) is 5. The summed E-state index contributed by atoms with van der Waals surface area (Å²) < 4.78 is 0. The van der Waals surface area contributed by atoms with Gasteiger partial charge in [0, 0.05) is 39.1 Å². The Morgan fingerprint density at radius 2 is 1.47 bits per heavy atom. The lowest BCUT2D eigenvalue weighted by Gasteiger charge is -2.35. The van der Waals surface area contributed by atoms with Gasteiger partial charge in [0.05, 0.1) is 0 Å². The molecule has 0 radical (unpaired) electrons. The number of nitrogens with zero attached hydrogens (tertiary/aromatic N) is 4. The molecule has 1 aromatic heterocycles. The van der Waals surface area contributed by atoms with Crippen LogP contribution in [0.4, 0.5) is 11.6 Å². The summed E-state index contributed by atoms with van der Waals surface area (Å²) in [5.41, 5.74) is 2.41. The lowest BCUT2D eigenvalue weighted by molar-refractivity contribution is -0.131. The van der Waals surface area contributed by atoms with Gasteiger partial charge in [0.25, 0.3) is 0 Å². The number of piperazine rings is 1. The number of hydrogen-bond donors (Lipinski definition) is 1. The van der Waals surface area contributed by atoms with Gasteiger partial charge in [-0.05, 0) is 29.7 Å². The minimum absolute atomic E-state index is 0.227. The molecule has 0 spiro atoms. The number of carbonyl (C=O) groups excluding carboxylic acids is 1. The summed E-state index contributed by atoms with van der Waals surface area (Å²) in [6, 6.07) is 24.3. The van der Waals surface area contributed by atoms with Crippen LogP contribution in [0.2, 0.25) is 0 Å². The molecule has 1 amide bonds. The zero-order chi connectivity index (χ0) is 20.6. The summed E-state index contributed by atoms with van der Waals surface area (Å²) in [6.07, 6.45) is 1.36. The number of aromatic nitrogens is 2. The molecule has 6 nitrogen and oxygen atoms in total. The van der Waals surface area contributed by atoms with Gasteiger partial charge in [0.2, 0.25) is 5.91 Å². The van der Waals surface area contributed by atoms with Crippen LogP contribution in [0.25, 0.3) is 0 Å². The lowest BCUT2D eigenvalue weighted by Crippen LogP contribution is -2.49. The fourth-order valence-electron chi connectivity index (χ4n) is 3.62. The first kappa shape index (κ1) is 19.9. The van der Waals surface area contributed by atoms with Crippen LogP contribution in [0, 0.1) is 0 Å². The second-order valence-electron chi connectivity index (χ2n) is 7.47. The molecule has 6 heteroatoms. The standard InChI is InChI=1S/C24H27N5O/c30-24(14-11-20-7-3-1-4-8-20)29-17-15-28(16-18-29)23-13-12-22(26-27-23)25-19-21-9-5-2-6-10-21/h1-10,12-13H,11,14-19H2,(H,25,26). The maximum Gasteiger partial charge on any atom is 0.223 e. The summed E-state index contributed by atoms with van der Waals surface area (Å²) in [4.78, 5) is 16.7. The number of amides is 1. The molecule has 1 aliphatic rings. The molecule has 1 aliphatic heterocycles. The quantitative estimate of drug-likeness (QED) is 0.658. The van der Waals surface area contributed by atoms with Gasteiger partial charge >= 0.3 is 0 Å². The second kappa shape index (κ2) is 9.87. The van der Waals surface area contributed by atoms with E-state index in [1.54, 1.807) is 0 Å². The number of carbonyl (C=O) groups is 1. The normalized spacial score (nSPS) is 13.9. The van der Waals surface area contributed by atoms with E-state index in [1.165, 1.54) is 11.1 Å². The highest BCUT2D eigenvalue weighted by molar-refractivity contribution is 5.76. The van der Waals surface area contributed by atoms with Crippen LogP contribution in [0.15, 0.2) is 72.8 Å². The first-order valence-corrected chi connectivity index (χ1v) is 10.5. The minimum atomic E-state index is 0.227. The van der Waals surface area contributed by atoms with Crippen molar-refractivity contribution < 1.29 is 4.79 Å². The SMILES string of the molecule is O=C(CCc1ccccc1)N1CCN(c2ccc(NCc3ccccc3)nn2)CC1. The summed E-state index contributed by atoms with van der Waals surface area (Å²) >= 11 is 0. The van der Waals surface area contributed by atoms with E-state index in [0.29, 0.717) is 6.42 Å². The summed E-state index contributed by atoms with van der Waals surface area (Å²) in [7, 11) is 0. The number of benzene rings is 2. The molecule has 4 rings (SSSR count). The molecular formula is C24H27N5O. The third-order valence-corrected chi connectivity index (χ3v) is 5.39. The van der Waals surface area contributed by atoms with Gasteiger partial charge in [0.1, 0.15) is 5.82 Å². The predicted molar refractivity (Wildman–Crippen MR) is 119 cm³/mol. The number of nitrogens with one attached hydrogen (secondary N) is 1. The van der Waals surface area contributed by atoms with Gasteiger partial charge in [-0.15, -0.1) is 10.2 Å². The van der Waals surface area contributed by atoms with Crippen LogP contribution in [0.5, 0.6) is 0 Å². The maximum atomic E-state index is 12.5. The molecular weight excluding hydrogens is 374 g/mol. The number of anilines is 2. The zero-order valence-corrected chi connectivity index (χ0v) is 17.1. The van der Waals surface area contributed by atoms with Gasteiger partial charge < -0.3 is 15.1 Å². The maximum absolute atomic E-state index is 12.5. The lowest BCUT2D eigenvalue weighted by atomic mass is 10.1. The van der Waals surface area contributed by atoms with Crippen LogP contribution >= 0.6 is 0 Å². The van der Waals surface area contributed by atoms with Crippen LogP contribution in [0.3, 0.4) is 0 Å². The summed E-state index contributed by atoms with van der Waals surface area (Å²) in [5.74, 6) is 1.85. The van der Waals surface area contributed by atoms with Gasteiger partial charge in [-0.25, -0.2) is 0 Å². The van der Waals surface area contributed by atoms with Crippen LogP contribution in [-0.2, 0) is 17.8 Å². The van der Waals surface area contributed by atoms with E-state index in [9.17, 15) is 4.79 Å². The minimum Gasteiger partial charge on any atom is -0.365 e. The fraction of sp³-hybridized carbons (Fsp3) is 0.292. The van der Waals surface area contributed by atoms with Gasteiger partial charge in [-0.1, -0.05) is 60.7 Å². The van der Waals surface area contributed by atoms with Crippen LogP contribution in [0.1, 0.15) is 17.5 Å². The van der Waals surface area contributed by atoms with Gasteiger partial charge in [0.15, 0.2) is 5.82 Å². The molecule has 154 valence electrons. The highest BCUT2D eigenvalue weighted by atomic mass is 16.2. The van der Waals surface area contributed by atoms with Gasteiger partial charge in [-0.2, -0.15) is 0 Å². The molecule has 0 atom stereocenters. The second-order valence-corrected chi connectivity index (χ2v) is 7.47. The first-order chi connectivity index (χ1) is 14.8. The smallest absolute Gasteiger partial charge is 0.223 e. The van der Waals surface area contributed by atoms with Crippen molar-refractivity contribution in [2.24, 2.45) is 0 Å². The van der Waals surface area contributed by atoms with Crippen molar-refractivity contribution in [2.75, 3.05) is 36.4 Å². The Morgan fingerprint density at radius 3 is 2.10 bits per heavy atom. The van der Waals surface area contributed by atoms with Crippen molar-refractivity contribution in [1.29, 1.82) is 0 Å². The number of rotatable bonds is 7. The third kappa shape index (κ3) is 5.35. The Kier molecular flexibility index (Phi) is 6.54. The first-order valence-electron chi connectivity index (χ1n) is 10.5. The summed E-state index contributed by atoms with van der Waals surface area (Å²) in [6.45, 7) is 3.73. The molecule has 0 bridgehead atoms. The monoisotopic (exact) mass is 401 g/mol. The molecule has 3 aromatic rings. The molecule has 1 N–H and O–H groups in total. The highest BCUT2D eigenvalue weighted by Crippen LogP contribution is 2.16. The number of aryl methyl sites for hydroxylation is 1. The Hall–Kier alpha value is -3.41. The molecule has 2 aromatic carbocycles. The molecule has 1 saturated heterocycles. The molecule has 2 heterocycles. The topological polar surface area (TPSA) is 61.4 Å². The Bertz CT molecular complexity index is 923. The fourth-order valence-corrected chi connectivity index (χ4v) is 3.62. The van der Waals surface area contributed by atoms with Crippen LogP contribution < -0.4 is 10.2 Å². The van der Waals surface area contributed by atoms with Crippen molar-refractivity contribution in [3.63, 3.8) is 0 Å². The Balaban J connectivity index is 1.23. The van der Waals surface area contributed by atoms with Crippen LogP contribution in [-0.4, -0.2) is 47.2 Å². The van der Waals surface area contributed by atoms with Crippen molar-refractivity contribution >= 4 is 17.5 Å². The third-order valence-electron chi connectivity index (χ3n) is 5.39. The highest BCUT2D eigenvalue weighted by Gasteiger charge is 2.21. The zero-order valence-electron chi connectivity index (χ0n) is 17.1. The Morgan fingerprint density at radius 1 is 0.800 bits per heavy atom. The average Bonchev–Trinajstić information content (AvgIpc) is 2.83. The van der Waals surface area contributed by atoms with E-state index in [-0.39, 0.29) is 5.91 Å². The average molecular weight is 402 g/mol.